The lowest BCUT2D eigenvalue weighted by Crippen LogP contribution is -2.25. The molecule has 0 radical (unpaired) electrons. The number of aromatic nitrogens is 2. The molecule has 2 heterocycles. The number of ether oxygens (including phenoxy) is 1. The molecule has 0 aliphatic heterocycles. The largest absolute Gasteiger partial charge is 0.492 e. The Labute approximate surface area is 186 Å². The summed E-state index contributed by atoms with van der Waals surface area (Å²) in [6.07, 6.45) is 0. The van der Waals surface area contributed by atoms with E-state index < -0.39 is 0 Å². The fourth-order valence-corrected chi connectivity index (χ4v) is 5.11. The van der Waals surface area contributed by atoms with E-state index in [1.807, 2.05) is 59.0 Å². The highest BCUT2D eigenvalue weighted by atomic mass is 32.1. The zero-order chi connectivity index (χ0) is 21.4. The normalized spacial score (nSPS) is 11.3. The maximum Gasteiger partial charge on any atom is 0.261 e. The van der Waals surface area contributed by atoms with Gasteiger partial charge in [-0.3, -0.25) is 13.8 Å². The smallest absolute Gasteiger partial charge is 0.261 e. The third-order valence-corrected chi connectivity index (χ3v) is 6.51. The fourth-order valence-electron chi connectivity index (χ4n) is 3.68. The molecule has 0 atom stereocenters. The van der Waals surface area contributed by atoms with Gasteiger partial charge in [-0.15, -0.1) is 11.3 Å². The summed E-state index contributed by atoms with van der Waals surface area (Å²) in [5.41, 5.74) is 2.16. The van der Waals surface area contributed by atoms with Crippen LogP contribution in [0.5, 0.6) is 5.75 Å². The molecule has 2 aromatic heterocycles. The van der Waals surface area contributed by atoms with Crippen molar-refractivity contribution in [2.24, 2.45) is 0 Å². The van der Waals surface area contributed by atoms with Crippen molar-refractivity contribution in [3.05, 3.63) is 99.0 Å². The van der Waals surface area contributed by atoms with E-state index in [4.69, 9.17) is 17.0 Å². The predicted molar refractivity (Wildman–Crippen MR) is 125 cm³/mol. The first-order chi connectivity index (χ1) is 15.1. The van der Waals surface area contributed by atoms with Crippen LogP contribution in [0.15, 0.2) is 83.7 Å². The minimum atomic E-state index is -0.310. The maximum atomic E-state index is 13.5. The van der Waals surface area contributed by atoms with Gasteiger partial charge in [-0.25, -0.2) is 4.39 Å². The van der Waals surface area contributed by atoms with Crippen molar-refractivity contribution >= 4 is 40.1 Å². The molecule has 0 amide bonds. The molecule has 0 N–H and O–H groups in total. The van der Waals surface area contributed by atoms with Gasteiger partial charge >= 0.3 is 0 Å². The molecule has 154 valence electrons. The summed E-state index contributed by atoms with van der Waals surface area (Å²) in [4.78, 5) is 14.3. The number of halogens is 1. The van der Waals surface area contributed by atoms with Crippen LogP contribution < -0.4 is 10.3 Å². The van der Waals surface area contributed by atoms with Gasteiger partial charge in [0, 0.05) is 0 Å². The second-order valence-corrected chi connectivity index (χ2v) is 8.64. The van der Waals surface area contributed by atoms with Crippen LogP contribution in [-0.2, 0) is 6.54 Å². The first-order valence-corrected chi connectivity index (χ1v) is 11.0. The number of hydrogen-bond donors (Lipinski definition) is 0. The average Bonchev–Trinajstić information content (AvgIpc) is 3.14. The molecule has 0 spiro atoms. The summed E-state index contributed by atoms with van der Waals surface area (Å²) in [6.45, 7) is 0.672. The van der Waals surface area contributed by atoms with Crippen molar-refractivity contribution in [2.45, 2.75) is 6.54 Å². The Morgan fingerprint density at radius 2 is 1.65 bits per heavy atom. The molecule has 31 heavy (non-hydrogen) atoms. The molecule has 0 aliphatic carbocycles. The third kappa shape index (κ3) is 3.56. The maximum absolute atomic E-state index is 13.5. The summed E-state index contributed by atoms with van der Waals surface area (Å²) in [7, 11) is 0. The summed E-state index contributed by atoms with van der Waals surface area (Å²) >= 11 is 7.09. The second-order valence-electron chi connectivity index (χ2n) is 7.00. The van der Waals surface area contributed by atoms with Gasteiger partial charge in [0.25, 0.3) is 5.56 Å². The van der Waals surface area contributed by atoms with E-state index in [9.17, 15) is 9.18 Å². The van der Waals surface area contributed by atoms with Crippen LogP contribution in [-0.4, -0.2) is 15.6 Å². The van der Waals surface area contributed by atoms with Gasteiger partial charge in [0.05, 0.1) is 22.3 Å². The Morgan fingerprint density at radius 1 is 0.935 bits per heavy atom. The molecule has 0 saturated heterocycles. The minimum Gasteiger partial charge on any atom is -0.492 e. The molecule has 4 nitrogen and oxygen atoms in total. The average molecular weight is 449 g/mol. The van der Waals surface area contributed by atoms with Crippen molar-refractivity contribution in [1.29, 1.82) is 0 Å². The second kappa shape index (κ2) is 8.09. The zero-order valence-electron chi connectivity index (χ0n) is 16.3. The molecule has 0 saturated carbocycles. The topological polar surface area (TPSA) is 35.6 Å². The van der Waals surface area contributed by atoms with Crippen LogP contribution in [0.2, 0.25) is 0 Å². The molecule has 5 aromatic rings. The Morgan fingerprint density at radius 3 is 2.42 bits per heavy atom. The first-order valence-electron chi connectivity index (χ1n) is 9.74. The van der Waals surface area contributed by atoms with Gasteiger partial charge < -0.3 is 4.74 Å². The fraction of sp³-hybridized carbons (Fsp3) is 0.0833. The molecular formula is C24H17FN2O2S2. The molecule has 0 aliphatic rings. The number of thiazole rings is 1. The Bertz CT molecular complexity index is 1500. The van der Waals surface area contributed by atoms with Gasteiger partial charge in [0.2, 0.25) is 0 Å². The zero-order valence-corrected chi connectivity index (χ0v) is 18.0. The highest BCUT2D eigenvalue weighted by molar-refractivity contribution is 7.73. The van der Waals surface area contributed by atoms with Crippen molar-refractivity contribution in [3.63, 3.8) is 0 Å². The van der Waals surface area contributed by atoms with Crippen LogP contribution in [0.1, 0.15) is 0 Å². The monoisotopic (exact) mass is 448 g/mol. The SMILES string of the molecule is O=c1c2ccccc2n2c(=S)sc(-c3ccc(F)cc3)c2n1CCOc1ccccc1. The van der Waals surface area contributed by atoms with Gasteiger partial charge in [0.15, 0.2) is 3.95 Å². The van der Waals surface area contributed by atoms with E-state index in [0.29, 0.717) is 28.1 Å². The van der Waals surface area contributed by atoms with Gasteiger partial charge in [0.1, 0.15) is 23.8 Å². The van der Waals surface area contributed by atoms with Crippen LogP contribution in [0.4, 0.5) is 4.39 Å². The number of para-hydroxylation sites is 2. The van der Waals surface area contributed by atoms with Crippen LogP contribution in [0.3, 0.4) is 0 Å². The van der Waals surface area contributed by atoms with Crippen molar-refractivity contribution in [3.8, 4) is 16.2 Å². The van der Waals surface area contributed by atoms with Gasteiger partial charge in [-0.1, -0.05) is 42.5 Å². The molecule has 0 unspecified atom stereocenters. The van der Waals surface area contributed by atoms with Crippen molar-refractivity contribution < 1.29 is 9.13 Å². The van der Waals surface area contributed by atoms with E-state index in [1.54, 1.807) is 16.7 Å². The minimum absolute atomic E-state index is 0.108. The third-order valence-electron chi connectivity index (χ3n) is 5.10. The van der Waals surface area contributed by atoms with Crippen molar-refractivity contribution in [2.75, 3.05) is 6.61 Å². The Kier molecular flexibility index (Phi) is 5.13. The van der Waals surface area contributed by atoms with Gasteiger partial charge in [-0.05, 0) is 54.2 Å². The highest BCUT2D eigenvalue weighted by Gasteiger charge is 2.18. The van der Waals surface area contributed by atoms with Crippen LogP contribution in [0, 0.1) is 9.77 Å². The summed E-state index contributed by atoms with van der Waals surface area (Å²) < 4.78 is 23.6. The molecule has 3 aromatic carbocycles. The molecule has 0 fully saturated rings. The summed E-state index contributed by atoms with van der Waals surface area (Å²) in [5.74, 6) is 0.434. The number of nitrogens with zero attached hydrogens (tertiary/aromatic N) is 2. The van der Waals surface area contributed by atoms with E-state index >= 15 is 0 Å². The molecule has 0 bridgehead atoms. The van der Waals surface area contributed by atoms with Crippen LogP contribution in [0.25, 0.3) is 27.0 Å². The lowest BCUT2D eigenvalue weighted by molar-refractivity contribution is 0.298. The van der Waals surface area contributed by atoms with Crippen molar-refractivity contribution in [1.82, 2.24) is 8.97 Å². The molecule has 5 rings (SSSR count). The van der Waals surface area contributed by atoms with Crippen LogP contribution >= 0.6 is 23.6 Å². The number of benzene rings is 3. The lowest BCUT2D eigenvalue weighted by atomic mass is 10.2. The molecule has 7 heteroatoms. The number of fused-ring (bicyclic) bond motifs is 3. The number of hydrogen-bond acceptors (Lipinski definition) is 4. The Hall–Kier alpha value is -3.29. The van der Waals surface area contributed by atoms with Gasteiger partial charge in [-0.2, -0.15) is 0 Å². The van der Waals surface area contributed by atoms with E-state index in [-0.39, 0.29) is 11.4 Å². The van der Waals surface area contributed by atoms with E-state index in [1.165, 1.54) is 23.5 Å². The Balaban J connectivity index is 1.71. The summed E-state index contributed by atoms with van der Waals surface area (Å²) in [5, 5.41) is 0.592. The highest BCUT2D eigenvalue weighted by Crippen LogP contribution is 2.33. The lowest BCUT2D eigenvalue weighted by Gasteiger charge is -2.14. The first kappa shape index (κ1) is 19.7. The number of rotatable bonds is 5. The van der Waals surface area contributed by atoms with E-state index in [0.717, 1.165) is 21.7 Å². The molecular weight excluding hydrogens is 431 g/mol. The summed E-state index contributed by atoms with van der Waals surface area (Å²) in [6, 6.07) is 23.2. The van der Waals surface area contributed by atoms with E-state index in [2.05, 4.69) is 0 Å². The predicted octanol–water partition coefficient (Wildman–Crippen LogP) is 5.93. The quantitative estimate of drug-likeness (QED) is 0.313. The standard InChI is InChI=1S/C24H17FN2O2S2/c25-17-12-10-16(11-13-17)21-22-26(14-15-29-18-6-2-1-3-7-18)23(28)19-8-4-5-9-20(19)27(22)24(30)31-21/h1-13H,14-15H2.